The molecule has 0 spiro atoms. The third-order valence-electron chi connectivity index (χ3n) is 2.81. The molecule has 1 heterocycles. The van der Waals surface area contributed by atoms with E-state index in [4.69, 9.17) is 0 Å². The van der Waals surface area contributed by atoms with Gasteiger partial charge in [-0.3, -0.25) is 14.9 Å². The topological polar surface area (TPSA) is 78.0 Å². The van der Waals surface area contributed by atoms with E-state index >= 15 is 0 Å². The van der Waals surface area contributed by atoms with Crippen molar-refractivity contribution in [2.75, 3.05) is 6.54 Å². The third kappa shape index (κ3) is 3.94. The highest BCUT2D eigenvalue weighted by Crippen LogP contribution is 2.14. The molecule has 1 rings (SSSR count). The number of nitro groups is 1. The summed E-state index contributed by atoms with van der Waals surface area (Å²) in [6.45, 7) is 5.43. The lowest BCUT2D eigenvalue weighted by Crippen LogP contribution is -2.22. The van der Waals surface area contributed by atoms with E-state index in [2.05, 4.69) is 5.10 Å². The molecule has 100 valence electrons. The van der Waals surface area contributed by atoms with E-state index in [1.165, 1.54) is 4.68 Å². The Labute approximate surface area is 106 Å². The van der Waals surface area contributed by atoms with Crippen molar-refractivity contribution >= 4 is 5.91 Å². The van der Waals surface area contributed by atoms with Gasteiger partial charge in [-0.15, -0.1) is 0 Å². The monoisotopic (exact) mass is 253 g/mol. The Bertz CT molecular complexity index is 440. The largest absolute Gasteiger partial charge is 0.273 e. The SMILES string of the molecule is CCCC(CC(=O)n1nc(C)cc1C)C[N+](=O)[O-]. The Hall–Kier alpha value is -1.72. The fraction of sp³-hybridized carbons (Fsp3) is 0.667. The quantitative estimate of drug-likeness (QED) is 0.575. The van der Waals surface area contributed by atoms with Crippen LogP contribution in [0.3, 0.4) is 0 Å². The highest BCUT2D eigenvalue weighted by atomic mass is 16.6. The first-order valence-corrected chi connectivity index (χ1v) is 6.12. The number of rotatable bonds is 6. The number of hydrogen-bond donors (Lipinski definition) is 0. The second-order valence-electron chi connectivity index (χ2n) is 4.61. The van der Waals surface area contributed by atoms with Crippen LogP contribution >= 0.6 is 0 Å². The van der Waals surface area contributed by atoms with Gasteiger partial charge in [0.25, 0.3) is 0 Å². The van der Waals surface area contributed by atoms with Gasteiger partial charge >= 0.3 is 0 Å². The molecule has 0 radical (unpaired) electrons. The average molecular weight is 253 g/mol. The summed E-state index contributed by atoms with van der Waals surface area (Å²) in [7, 11) is 0. The van der Waals surface area contributed by atoms with Crippen molar-refractivity contribution in [3.05, 3.63) is 27.6 Å². The van der Waals surface area contributed by atoms with Crippen molar-refractivity contribution < 1.29 is 9.72 Å². The lowest BCUT2D eigenvalue weighted by atomic mass is 9.99. The van der Waals surface area contributed by atoms with Gasteiger partial charge in [0.15, 0.2) is 0 Å². The predicted octanol–water partition coefficient (Wildman–Crippen LogP) is 2.22. The Kier molecular flexibility index (Phi) is 5.00. The van der Waals surface area contributed by atoms with Crippen LogP contribution in [0, 0.1) is 29.9 Å². The van der Waals surface area contributed by atoms with Crippen LogP contribution in [0.5, 0.6) is 0 Å². The first-order chi connectivity index (χ1) is 8.43. The van der Waals surface area contributed by atoms with Crippen molar-refractivity contribution in [1.29, 1.82) is 0 Å². The summed E-state index contributed by atoms with van der Waals surface area (Å²) in [5.41, 5.74) is 1.55. The maximum atomic E-state index is 12.0. The van der Waals surface area contributed by atoms with E-state index in [0.717, 1.165) is 17.8 Å². The Morgan fingerprint density at radius 1 is 1.56 bits per heavy atom. The third-order valence-corrected chi connectivity index (χ3v) is 2.81. The van der Waals surface area contributed by atoms with E-state index in [0.29, 0.717) is 6.42 Å². The molecule has 1 atom stereocenters. The summed E-state index contributed by atoms with van der Waals surface area (Å²) in [6, 6.07) is 1.82. The summed E-state index contributed by atoms with van der Waals surface area (Å²) in [6.07, 6.45) is 1.70. The molecule has 6 nitrogen and oxygen atoms in total. The van der Waals surface area contributed by atoms with Gasteiger partial charge < -0.3 is 0 Å². The number of carbonyl (C=O) groups is 1. The second kappa shape index (κ2) is 6.28. The smallest absolute Gasteiger partial charge is 0.247 e. The molecule has 0 fully saturated rings. The lowest BCUT2D eigenvalue weighted by molar-refractivity contribution is -0.488. The first kappa shape index (κ1) is 14.3. The number of aryl methyl sites for hydroxylation is 2. The van der Waals surface area contributed by atoms with Crippen LogP contribution in [0.25, 0.3) is 0 Å². The normalized spacial score (nSPS) is 12.4. The molecule has 0 aliphatic rings. The zero-order chi connectivity index (χ0) is 13.7. The van der Waals surface area contributed by atoms with Crippen molar-refractivity contribution in [2.45, 2.75) is 40.0 Å². The predicted molar refractivity (Wildman–Crippen MR) is 67.2 cm³/mol. The van der Waals surface area contributed by atoms with Crippen LogP contribution in [0.4, 0.5) is 0 Å². The highest BCUT2D eigenvalue weighted by molar-refractivity contribution is 5.78. The molecular formula is C12H19N3O3. The van der Waals surface area contributed by atoms with Gasteiger partial charge in [-0.2, -0.15) is 5.10 Å². The minimum absolute atomic E-state index is 0.154. The second-order valence-corrected chi connectivity index (χ2v) is 4.61. The van der Waals surface area contributed by atoms with Crippen molar-refractivity contribution in [3.63, 3.8) is 0 Å². The molecule has 0 saturated carbocycles. The Morgan fingerprint density at radius 3 is 2.67 bits per heavy atom. The van der Waals surface area contributed by atoms with Crippen LogP contribution in [-0.4, -0.2) is 27.2 Å². The van der Waals surface area contributed by atoms with Gasteiger partial charge in [-0.25, -0.2) is 4.68 Å². The standard InChI is InChI=1S/C12H19N3O3/c1-4-5-11(8-14(17)18)7-12(16)15-10(3)6-9(2)13-15/h6,11H,4-5,7-8H2,1-3H3. The van der Waals surface area contributed by atoms with Gasteiger partial charge in [0, 0.05) is 23.0 Å². The van der Waals surface area contributed by atoms with Crippen LogP contribution in [0.1, 0.15) is 42.4 Å². The van der Waals surface area contributed by atoms with Gasteiger partial charge in [0.2, 0.25) is 12.5 Å². The van der Waals surface area contributed by atoms with E-state index in [1.54, 1.807) is 6.92 Å². The first-order valence-electron chi connectivity index (χ1n) is 6.12. The van der Waals surface area contributed by atoms with E-state index in [1.807, 2.05) is 19.9 Å². The molecule has 0 bridgehead atoms. The summed E-state index contributed by atoms with van der Waals surface area (Å²) < 4.78 is 1.35. The Balaban J connectivity index is 2.71. The van der Waals surface area contributed by atoms with Crippen LogP contribution in [0.2, 0.25) is 0 Å². The number of hydrogen-bond acceptors (Lipinski definition) is 4. The molecule has 0 N–H and O–H groups in total. The highest BCUT2D eigenvalue weighted by Gasteiger charge is 2.20. The molecule has 0 aromatic carbocycles. The average Bonchev–Trinajstić information content (AvgIpc) is 2.57. The van der Waals surface area contributed by atoms with Gasteiger partial charge in [0.1, 0.15) is 0 Å². The summed E-state index contributed by atoms with van der Waals surface area (Å²) in [5.74, 6) is -0.373. The molecule has 1 unspecified atom stereocenters. The molecule has 6 heteroatoms. The molecule has 0 aliphatic carbocycles. The van der Waals surface area contributed by atoms with Crippen LogP contribution in [0.15, 0.2) is 6.07 Å². The van der Waals surface area contributed by atoms with E-state index in [9.17, 15) is 14.9 Å². The van der Waals surface area contributed by atoms with Crippen LogP contribution in [-0.2, 0) is 0 Å². The summed E-state index contributed by atoms with van der Waals surface area (Å²) in [4.78, 5) is 22.2. The van der Waals surface area contributed by atoms with Gasteiger partial charge in [0.05, 0.1) is 5.69 Å². The van der Waals surface area contributed by atoms with Gasteiger partial charge in [-0.05, 0) is 26.3 Å². The molecule has 0 saturated heterocycles. The number of aromatic nitrogens is 2. The number of carbonyl (C=O) groups excluding carboxylic acids is 1. The van der Waals surface area contributed by atoms with Crippen molar-refractivity contribution in [2.24, 2.45) is 5.92 Å². The molecule has 1 aromatic heterocycles. The summed E-state index contributed by atoms with van der Waals surface area (Å²) in [5, 5.41) is 14.6. The molecule has 1 aromatic rings. The molecular weight excluding hydrogens is 234 g/mol. The fourth-order valence-electron chi connectivity index (χ4n) is 2.09. The Morgan fingerprint density at radius 2 is 2.22 bits per heavy atom. The minimum atomic E-state index is -0.352. The summed E-state index contributed by atoms with van der Waals surface area (Å²) >= 11 is 0. The van der Waals surface area contributed by atoms with Crippen LogP contribution < -0.4 is 0 Å². The van der Waals surface area contributed by atoms with Gasteiger partial charge in [-0.1, -0.05) is 13.3 Å². The maximum Gasteiger partial charge on any atom is 0.247 e. The van der Waals surface area contributed by atoms with Crippen molar-refractivity contribution in [1.82, 2.24) is 9.78 Å². The fourth-order valence-corrected chi connectivity index (χ4v) is 2.09. The zero-order valence-electron chi connectivity index (χ0n) is 11.0. The maximum absolute atomic E-state index is 12.0. The van der Waals surface area contributed by atoms with E-state index in [-0.39, 0.29) is 29.7 Å². The van der Waals surface area contributed by atoms with Crippen molar-refractivity contribution in [3.8, 4) is 0 Å². The lowest BCUT2D eigenvalue weighted by Gasteiger charge is -2.11. The zero-order valence-corrected chi connectivity index (χ0v) is 11.0. The molecule has 0 amide bonds. The van der Waals surface area contributed by atoms with E-state index < -0.39 is 0 Å². The molecule has 18 heavy (non-hydrogen) atoms. The molecule has 0 aliphatic heterocycles. The minimum Gasteiger partial charge on any atom is -0.273 e. The number of nitrogens with zero attached hydrogens (tertiary/aromatic N) is 3.